The topological polar surface area (TPSA) is 81.8 Å². The second-order valence-electron chi connectivity index (χ2n) is 7.78. The first-order valence-electron chi connectivity index (χ1n) is 10.1. The van der Waals surface area contributed by atoms with Crippen molar-refractivity contribution in [3.63, 3.8) is 0 Å². The third kappa shape index (κ3) is 3.93. The van der Waals surface area contributed by atoms with Gasteiger partial charge in [-0.05, 0) is 36.2 Å². The number of urea groups is 1. The van der Waals surface area contributed by atoms with Crippen molar-refractivity contribution in [2.45, 2.75) is 25.6 Å². The third-order valence-corrected chi connectivity index (χ3v) is 6.18. The standard InChI is InChI=1S/C23H22ClFN4O3/c1-13(21(30)26-11-14-7-9-15(25)10-8-14)29-12-18-19(22(29)31)20(27-23(32)28(18)2)16-5-3-4-6-17(16)24/h3-10,13,20H,11-12H2,1-2H3,(H,26,30)(H,27,32). The van der Waals surface area contributed by atoms with E-state index in [1.165, 1.54) is 21.9 Å². The zero-order chi connectivity index (χ0) is 23.0. The number of amides is 4. The normalized spacial score (nSPS) is 19.1. The van der Waals surface area contributed by atoms with Gasteiger partial charge in [0.05, 0.1) is 23.9 Å². The first-order valence-corrected chi connectivity index (χ1v) is 10.5. The molecule has 2 atom stereocenters. The Morgan fingerprint density at radius 1 is 1.22 bits per heavy atom. The van der Waals surface area contributed by atoms with Crippen LogP contribution >= 0.6 is 11.6 Å². The lowest BCUT2D eigenvalue weighted by Gasteiger charge is -2.31. The summed E-state index contributed by atoms with van der Waals surface area (Å²) in [4.78, 5) is 41.5. The molecule has 0 spiro atoms. The average Bonchev–Trinajstić information content (AvgIpc) is 3.13. The maximum atomic E-state index is 13.4. The second-order valence-corrected chi connectivity index (χ2v) is 8.18. The van der Waals surface area contributed by atoms with Gasteiger partial charge < -0.3 is 15.5 Å². The summed E-state index contributed by atoms with van der Waals surface area (Å²) >= 11 is 6.34. The number of nitrogens with one attached hydrogen (secondary N) is 2. The minimum Gasteiger partial charge on any atom is -0.350 e. The van der Waals surface area contributed by atoms with Crippen LogP contribution in [0.3, 0.4) is 0 Å². The fourth-order valence-electron chi connectivity index (χ4n) is 3.92. The number of likely N-dealkylation sites (N-methyl/N-ethyl adjacent to an activating group) is 1. The predicted octanol–water partition coefficient (Wildman–Crippen LogP) is 2.98. The van der Waals surface area contributed by atoms with E-state index in [2.05, 4.69) is 10.6 Å². The quantitative estimate of drug-likeness (QED) is 0.725. The molecule has 2 heterocycles. The Hall–Kier alpha value is -3.39. The summed E-state index contributed by atoms with van der Waals surface area (Å²) in [5.41, 5.74) is 2.30. The van der Waals surface area contributed by atoms with Crippen molar-refractivity contribution in [3.05, 3.63) is 81.8 Å². The minimum atomic E-state index is -0.774. The van der Waals surface area contributed by atoms with Gasteiger partial charge in [-0.2, -0.15) is 0 Å². The molecule has 2 aromatic carbocycles. The molecule has 0 saturated carbocycles. The molecule has 2 aromatic rings. The minimum absolute atomic E-state index is 0.129. The smallest absolute Gasteiger partial charge is 0.322 e. The Kier molecular flexibility index (Phi) is 5.88. The molecule has 0 radical (unpaired) electrons. The summed E-state index contributed by atoms with van der Waals surface area (Å²) in [5, 5.41) is 6.04. The molecule has 0 fully saturated rings. The second kappa shape index (κ2) is 8.63. The van der Waals surface area contributed by atoms with Crippen LogP contribution in [0.25, 0.3) is 0 Å². The van der Waals surface area contributed by atoms with Crippen molar-refractivity contribution in [1.82, 2.24) is 20.4 Å². The van der Waals surface area contributed by atoms with Crippen LogP contribution in [0.1, 0.15) is 24.1 Å². The summed E-state index contributed by atoms with van der Waals surface area (Å²) in [6, 6.07) is 11.0. The first kappa shape index (κ1) is 21.8. The fraction of sp³-hybridized carbons (Fsp3) is 0.261. The van der Waals surface area contributed by atoms with E-state index in [4.69, 9.17) is 11.6 Å². The van der Waals surface area contributed by atoms with Gasteiger partial charge in [0.1, 0.15) is 11.9 Å². The van der Waals surface area contributed by atoms with Crippen LogP contribution in [0.2, 0.25) is 5.02 Å². The predicted molar refractivity (Wildman–Crippen MR) is 117 cm³/mol. The Bertz CT molecular complexity index is 1120. The molecule has 32 heavy (non-hydrogen) atoms. The van der Waals surface area contributed by atoms with Crippen molar-refractivity contribution in [1.29, 1.82) is 0 Å². The van der Waals surface area contributed by atoms with E-state index in [0.29, 0.717) is 21.9 Å². The van der Waals surface area contributed by atoms with Crippen LogP contribution in [0.5, 0.6) is 0 Å². The summed E-state index contributed by atoms with van der Waals surface area (Å²) in [6.07, 6.45) is 0. The van der Waals surface area contributed by atoms with Crippen molar-refractivity contribution >= 4 is 29.4 Å². The van der Waals surface area contributed by atoms with Crippen LogP contribution < -0.4 is 10.6 Å². The highest BCUT2D eigenvalue weighted by Crippen LogP contribution is 2.38. The Morgan fingerprint density at radius 3 is 2.59 bits per heavy atom. The third-order valence-electron chi connectivity index (χ3n) is 5.83. The Labute approximate surface area is 189 Å². The van der Waals surface area contributed by atoms with E-state index in [0.717, 1.165) is 5.56 Å². The highest BCUT2D eigenvalue weighted by molar-refractivity contribution is 6.31. The molecular formula is C23H22ClFN4O3. The van der Waals surface area contributed by atoms with Crippen molar-refractivity contribution < 1.29 is 18.8 Å². The van der Waals surface area contributed by atoms with E-state index < -0.39 is 12.1 Å². The van der Waals surface area contributed by atoms with Gasteiger partial charge in [0.15, 0.2) is 0 Å². The monoisotopic (exact) mass is 456 g/mol. The zero-order valence-corrected chi connectivity index (χ0v) is 18.3. The van der Waals surface area contributed by atoms with Crippen molar-refractivity contribution in [2.75, 3.05) is 13.6 Å². The summed E-state index contributed by atoms with van der Waals surface area (Å²) in [5.74, 6) is -1.03. The van der Waals surface area contributed by atoms with Crippen LogP contribution in [-0.2, 0) is 16.1 Å². The zero-order valence-electron chi connectivity index (χ0n) is 17.6. The van der Waals surface area contributed by atoms with Crippen LogP contribution in [0.15, 0.2) is 59.8 Å². The van der Waals surface area contributed by atoms with Gasteiger partial charge in [0, 0.05) is 18.6 Å². The lowest BCUT2D eigenvalue weighted by atomic mass is 9.95. The summed E-state index contributed by atoms with van der Waals surface area (Å²) in [6.45, 7) is 1.97. The van der Waals surface area contributed by atoms with Gasteiger partial charge in [0.2, 0.25) is 5.91 Å². The molecule has 2 aliphatic rings. The number of carbonyl (C=O) groups is 3. The highest BCUT2D eigenvalue weighted by Gasteiger charge is 2.45. The van der Waals surface area contributed by atoms with Crippen molar-refractivity contribution in [2.24, 2.45) is 0 Å². The number of hydrogen-bond donors (Lipinski definition) is 2. The largest absolute Gasteiger partial charge is 0.350 e. The van der Waals surface area contributed by atoms with Gasteiger partial charge in [-0.25, -0.2) is 9.18 Å². The molecule has 2 N–H and O–H groups in total. The van der Waals surface area contributed by atoms with Crippen LogP contribution in [0, 0.1) is 5.82 Å². The van der Waals surface area contributed by atoms with E-state index in [1.54, 1.807) is 50.4 Å². The number of hydrogen-bond acceptors (Lipinski definition) is 3. The summed E-state index contributed by atoms with van der Waals surface area (Å²) < 4.78 is 13.1. The number of halogens is 2. The van der Waals surface area contributed by atoms with E-state index in [1.807, 2.05) is 0 Å². The SMILES string of the molecule is CC(C(=O)NCc1ccc(F)cc1)N1CC2=C(C1=O)C(c1ccccc1Cl)NC(=O)N2C. The van der Waals surface area contributed by atoms with Crippen molar-refractivity contribution in [3.8, 4) is 0 Å². The highest BCUT2D eigenvalue weighted by atomic mass is 35.5. The van der Waals surface area contributed by atoms with Gasteiger partial charge in [-0.1, -0.05) is 41.9 Å². The molecule has 4 amide bonds. The molecule has 2 unspecified atom stereocenters. The number of carbonyl (C=O) groups excluding carboxylic acids is 3. The molecule has 9 heteroatoms. The number of benzene rings is 2. The fourth-order valence-corrected chi connectivity index (χ4v) is 4.17. The number of rotatable bonds is 5. The molecule has 7 nitrogen and oxygen atoms in total. The first-order chi connectivity index (χ1) is 15.3. The summed E-state index contributed by atoms with van der Waals surface area (Å²) in [7, 11) is 1.59. The van der Waals surface area contributed by atoms with Crippen LogP contribution in [0.4, 0.5) is 9.18 Å². The van der Waals surface area contributed by atoms with Gasteiger partial charge in [-0.3, -0.25) is 14.5 Å². The molecule has 0 bridgehead atoms. The molecule has 2 aliphatic heterocycles. The van der Waals surface area contributed by atoms with Gasteiger partial charge in [0.25, 0.3) is 5.91 Å². The molecule has 0 aromatic heterocycles. The molecule has 166 valence electrons. The molecule has 0 aliphatic carbocycles. The lowest BCUT2D eigenvalue weighted by molar-refractivity contribution is -0.135. The van der Waals surface area contributed by atoms with E-state index >= 15 is 0 Å². The molecular weight excluding hydrogens is 435 g/mol. The maximum absolute atomic E-state index is 13.4. The van der Waals surface area contributed by atoms with Gasteiger partial charge >= 0.3 is 6.03 Å². The van der Waals surface area contributed by atoms with E-state index in [-0.39, 0.29) is 36.8 Å². The molecule has 0 saturated heterocycles. The lowest BCUT2D eigenvalue weighted by Crippen LogP contribution is -2.46. The average molecular weight is 457 g/mol. The van der Waals surface area contributed by atoms with Crippen LogP contribution in [-0.4, -0.2) is 47.3 Å². The Balaban J connectivity index is 1.53. The number of nitrogens with zero attached hydrogens (tertiary/aromatic N) is 2. The Morgan fingerprint density at radius 2 is 1.91 bits per heavy atom. The molecule has 4 rings (SSSR count). The van der Waals surface area contributed by atoms with E-state index in [9.17, 15) is 18.8 Å². The van der Waals surface area contributed by atoms with Gasteiger partial charge in [-0.15, -0.1) is 0 Å². The maximum Gasteiger partial charge on any atom is 0.322 e.